The zero-order chi connectivity index (χ0) is 19.8. The van der Waals surface area contributed by atoms with Crippen LogP contribution in [0.3, 0.4) is 0 Å². The molecule has 0 bridgehead atoms. The molecule has 0 amide bonds. The van der Waals surface area contributed by atoms with Crippen LogP contribution in [0.15, 0.2) is 71.8 Å². The Kier molecular flexibility index (Phi) is 4.37. The number of likely N-dealkylation sites (tertiary alicyclic amines) is 1. The first-order valence-corrected chi connectivity index (χ1v) is 9.45. The van der Waals surface area contributed by atoms with Crippen molar-refractivity contribution >= 4 is 5.52 Å². The van der Waals surface area contributed by atoms with Gasteiger partial charge in [0.15, 0.2) is 11.6 Å². The predicted octanol–water partition coefficient (Wildman–Crippen LogP) is 3.09. The highest BCUT2D eigenvalue weighted by atomic mass is 19.1. The minimum Gasteiger partial charge on any atom is -0.485 e. The maximum absolute atomic E-state index is 13.7. The van der Waals surface area contributed by atoms with Crippen LogP contribution < -0.4 is 10.3 Å². The quantitative estimate of drug-likeness (QED) is 0.569. The second-order valence-electron chi connectivity index (χ2n) is 7.18. The number of nitrogens with zero attached hydrogens (tertiary/aromatic N) is 3. The third kappa shape index (κ3) is 3.40. The summed E-state index contributed by atoms with van der Waals surface area (Å²) >= 11 is 0. The molecule has 1 aliphatic heterocycles. The standard InChI is InChI=1S/C22H19FN4O2/c23-18-8-4-5-9-20(18)29-17-13-26(14-17)11-16-12-27-19(22(28)25-16)10-24-21(27)15-6-2-1-3-7-15/h1-10,12,17H,11,13-14H2,(H,25,28). The second kappa shape index (κ2) is 7.18. The summed E-state index contributed by atoms with van der Waals surface area (Å²) < 4.78 is 21.2. The number of H-pyrrole nitrogens is 1. The summed E-state index contributed by atoms with van der Waals surface area (Å²) in [5.74, 6) is 0.657. The van der Waals surface area contributed by atoms with Crippen molar-refractivity contribution in [1.29, 1.82) is 0 Å². The van der Waals surface area contributed by atoms with E-state index in [-0.39, 0.29) is 23.2 Å². The smallest absolute Gasteiger partial charge is 0.274 e. The fraction of sp³-hybridized carbons (Fsp3) is 0.182. The number of hydrogen-bond acceptors (Lipinski definition) is 4. The van der Waals surface area contributed by atoms with E-state index in [9.17, 15) is 9.18 Å². The summed E-state index contributed by atoms with van der Waals surface area (Å²) in [6.07, 6.45) is 3.44. The number of hydrogen-bond donors (Lipinski definition) is 1. The van der Waals surface area contributed by atoms with Gasteiger partial charge in [0.25, 0.3) is 5.56 Å². The van der Waals surface area contributed by atoms with Crippen LogP contribution in [0.4, 0.5) is 4.39 Å². The maximum Gasteiger partial charge on any atom is 0.274 e. The fourth-order valence-corrected chi connectivity index (χ4v) is 3.63. The predicted molar refractivity (Wildman–Crippen MR) is 107 cm³/mol. The number of aromatic amines is 1. The van der Waals surface area contributed by atoms with E-state index >= 15 is 0 Å². The Labute approximate surface area is 166 Å². The van der Waals surface area contributed by atoms with E-state index in [1.165, 1.54) is 6.07 Å². The first kappa shape index (κ1) is 17.6. The van der Waals surface area contributed by atoms with Gasteiger partial charge in [0.05, 0.1) is 6.20 Å². The lowest BCUT2D eigenvalue weighted by Gasteiger charge is -2.38. The van der Waals surface area contributed by atoms with Crippen molar-refractivity contribution in [1.82, 2.24) is 19.3 Å². The van der Waals surface area contributed by atoms with Gasteiger partial charge in [0.2, 0.25) is 0 Å². The van der Waals surface area contributed by atoms with E-state index in [1.807, 2.05) is 40.9 Å². The molecule has 0 spiro atoms. The number of imidazole rings is 1. The van der Waals surface area contributed by atoms with Gasteiger partial charge in [-0.3, -0.25) is 14.1 Å². The van der Waals surface area contributed by atoms with Gasteiger partial charge in [-0.05, 0) is 12.1 Å². The monoisotopic (exact) mass is 390 g/mol. The fourth-order valence-electron chi connectivity index (χ4n) is 3.63. The van der Waals surface area contributed by atoms with Crippen molar-refractivity contribution in [3.05, 3.63) is 88.9 Å². The Balaban J connectivity index is 1.32. The van der Waals surface area contributed by atoms with Crippen molar-refractivity contribution in [2.45, 2.75) is 12.6 Å². The van der Waals surface area contributed by atoms with E-state index in [0.29, 0.717) is 25.2 Å². The van der Waals surface area contributed by atoms with Crippen LogP contribution >= 0.6 is 0 Å². The van der Waals surface area contributed by atoms with E-state index < -0.39 is 0 Å². The van der Waals surface area contributed by atoms with Crippen LogP contribution in [0, 0.1) is 5.82 Å². The minimum absolute atomic E-state index is 0.0597. The molecular formula is C22H19FN4O2. The molecule has 146 valence electrons. The van der Waals surface area contributed by atoms with Crippen molar-refractivity contribution in [3.63, 3.8) is 0 Å². The zero-order valence-corrected chi connectivity index (χ0v) is 15.6. The van der Waals surface area contributed by atoms with Gasteiger partial charge < -0.3 is 9.72 Å². The number of benzene rings is 2. The highest BCUT2D eigenvalue weighted by molar-refractivity contribution is 5.61. The van der Waals surface area contributed by atoms with Gasteiger partial charge in [-0.2, -0.15) is 0 Å². The molecule has 5 rings (SSSR count). The molecule has 29 heavy (non-hydrogen) atoms. The van der Waals surface area contributed by atoms with Crippen LogP contribution in [0.2, 0.25) is 0 Å². The van der Waals surface area contributed by atoms with Crippen LogP contribution in [0.1, 0.15) is 5.69 Å². The number of halogens is 1. The Morgan fingerprint density at radius 1 is 1.10 bits per heavy atom. The molecule has 0 radical (unpaired) electrons. The molecular weight excluding hydrogens is 371 g/mol. The molecule has 3 heterocycles. The first-order valence-electron chi connectivity index (χ1n) is 9.45. The van der Waals surface area contributed by atoms with Crippen molar-refractivity contribution < 1.29 is 9.13 Å². The summed E-state index contributed by atoms with van der Waals surface area (Å²) in [7, 11) is 0. The SMILES string of the molecule is O=c1[nH]c(CN2CC(Oc3ccccc3F)C2)cn2c(-c3ccccc3)ncc12. The summed E-state index contributed by atoms with van der Waals surface area (Å²) in [4.78, 5) is 22.0. The number of ether oxygens (including phenoxy) is 1. The zero-order valence-electron chi connectivity index (χ0n) is 15.6. The normalized spacial score (nSPS) is 14.8. The molecule has 0 aliphatic carbocycles. The second-order valence-corrected chi connectivity index (χ2v) is 7.18. The Morgan fingerprint density at radius 3 is 2.66 bits per heavy atom. The molecule has 7 heteroatoms. The van der Waals surface area contributed by atoms with Crippen LogP contribution in [0.25, 0.3) is 16.9 Å². The molecule has 2 aromatic heterocycles. The molecule has 6 nitrogen and oxygen atoms in total. The van der Waals surface area contributed by atoms with E-state index in [1.54, 1.807) is 24.4 Å². The van der Waals surface area contributed by atoms with Crippen LogP contribution in [-0.4, -0.2) is 38.5 Å². The van der Waals surface area contributed by atoms with Gasteiger partial charge >= 0.3 is 0 Å². The molecule has 2 aromatic carbocycles. The molecule has 0 unspecified atom stereocenters. The number of rotatable bonds is 5. The summed E-state index contributed by atoms with van der Waals surface area (Å²) in [5.41, 5.74) is 2.09. The molecule has 0 saturated carbocycles. The third-order valence-corrected chi connectivity index (χ3v) is 5.07. The number of aromatic nitrogens is 3. The molecule has 1 aliphatic rings. The van der Waals surface area contributed by atoms with Crippen LogP contribution in [0.5, 0.6) is 5.75 Å². The van der Waals surface area contributed by atoms with E-state index in [2.05, 4.69) is 14.9 Å². The third-order valence-electron chi connectivity index (χ3n) is 5.07. The van der Waals surface area contributed by atoms with Crippen molar-refractivity contribution in [3.8, 4) is 17.1 Å². The van der Waals surface area contributed by atoms with E-state index in [0.717, 1.165) is 17.1 Å². The molecule has 0 atom stereocenters. The molecule has 4 aromatic rings. The average Bonchev–Trinajstić information content (AvgIpc) is 3.13. The number of nitrogens with one attached hydrogen (secondary N) is 1. The Bertz CT molecular complexity index is 1210. The highest BCUT2D eigenvalue weighted by Gasteiger charge is 2.29. The largest absolute Gasteiger partial charge is 0.485 e. The van der Waals surface area contributed by atoms with Gasteiger partial charge in [-0.15, -0.1) is 0 Å². The Hall–Kier alpha value is -3.45. The number of para-hydroxylation sites is 1. The lowest BCUT2D eigenvalue weighted by atomic mass is 10.1. The lowest BCUT2D eigenvalue weighted by molar-refractivity contribution is 0.0115. The highest BCUT2D eigenvalue weighted by Crippen LogP contribution is 2.23. The first-order chi connectivity index (χ1) is 14.2. The topological polar surface area (TPSA) is 62.6 Å². The minimum atomic E-state index is -0.353. The van der Waals surface area contributed by atoms with Gasteiger partial charge in [-0.25, -0.2) is 9.37 Å². The summed E-state index contributed by atoms with van der Waals surface area (Å²) in [6, 6.07) is 16.2. The van der Waals surface area contributed by atoms with Gasteiger partial charge in [0.1, 0.15) is 17.4 Å². The lowest BCUT2D eigenvalue weighted by Crippen LogP contribution is -2.53. The van der Waals surface area contributed by atoms with Crippen LogP contribution in [-0.2, 0) is 6.54 Å². The molecule has 1 fully saturated rings. The van der Waals surface area contributed by atoms with Gasteiger partial charge in [-0.1, -0.05) is 42.5 Å². The van der Waals surface area contributed by atoms with Crippen molar-refractivity contribution in [2.24, 2.45) is 0 Å². The summed E-state index contributed by atoms with van der Waals surface area (Å²) in [5, 5.41) is 0. The molecule has 1 N–H and O–H groups in total. The Morgan fingerprint density at radius 2 is 1.86 bits per heavy atom. The maximum atomic E-state index is 13.7. The molecule has 1 saturated heterocycles. The van der Waals surface area contributed by atoms with Gasteiger partial charge in [0, 0.05) is 37.1 Å². The summed E-state index contributed by atoms with van der Waals surface area (Å²) in [6.45, 7) is 1.92. The average molecular weight is 390 g/mol. The van der Waals surface area contributed by atoms with E-state index in [4.69, 9.17) is 4.74 Å². The van der Waals surface area contributed by atoms with Crippen molar-refractivity contribution in [2.75, 3.05) is 13.1 Å². The number of fused-ring (bicyclic) bond motifs is 1.